The molecule has 21 heavy (non-hydrogen) atoms. The molecule has 0 radical (unpaired) electrons. The van der Waals surface area contributed by atoms with Crippen molar-refractivity contribution in [1.82, 2.24) is 5.32 Å². The third-order valence-electron chi connectivity index (χ3n) is 3.03. The van der Waals surface area contributed by atoms with Gasteiger partial charge in [0.25, 0.3) is 3.79 Å². The first-order chi connectivity index (χ1) is 9.45. The standard InChI is InChI=1S/C14H16Cl3NO3/c1-8(19)18-14(13(15,16)17)20-10-6-5-9(12(2,3)4)7-11(10)21-14/h5-7H,1-4H3,(H,18,19)/t14-/m0/s1. The van der Waals surface area contributed by atoms with Gasteiger partial charge in [-0.15, -0.1) is 0 Å². The normalized spacial score (nSPS) is 21.3. The second-order valence-corrected chi connectivity index (χ2v) is 8.19. The van der Waals surface area contributed by atoms with Crippen LogP contribution in [0, 0.1) is 0 Å². The van der Waals surface area contributed by atoms with Crippen molar-refractivity contribution in [3.05, 3.63) is 23.8 Å². The molecule has 1 aliphatic heterocycles. The molecule has 0 bridgehead atoms. The number of hydrogen-bond donors (Lipinski definition) is 1. The molecule has 1 aromatic carbocycles. The van der Waals surface area contributed by atoms with Gasteiger partial charge in [0.2, 0.25) is 5.91 Å². The van der Waals surface area contributed by atoms with Gasteiger partial charge in [-0.2, -0.15) is 0 Å². The van der Waals surface area contributed by atoms with Gasteiger partial charge in [0.15, 0.2) is 11.5 Å². The van der Waals surface area contributed by atoms with E-state index in [1.165, 1.54) is 6.92 Å². The number of halogens is 3. The summed E-state index contributed by atoms with van der Waals surface area (Å²) in [6.07, 6.45) is 0. The first kappa shape index (κ1) is 16.5. The van der Waals surface area contributed by atoms with Crippen LogP contribution in [-0.4, -0.2) is 15.6 Å². The molecule has 1 amide bonds. The van der Waals surface area contributed by atoms with Crippen LogP contribution in [-0.2, 0) is 10.2 Å². The highest BCUT2D eigenvalue weighted by Gasteiger charge is 2.59. The molecule has 0 fully saturated rings. The van der Waals surface area contributed by atoms with Crippen LogP contribution in [0.4, 0.5) is 0 Å². The van der Waals surface area contributed by atoms with E-state index in [-0.39, 0.29) is 5.41 Å². The number of benzene rings is 1. The molecule has 2 rings (SSSR count). The topological polar surface area (TPSA) is 47.6 Å². The molecule has 7 heteroatoms. The molecule has 116 valence electrons. The zero-order chi connectivity index (χ0) is 16.1. The number of fused-ring (bicyclic) bond motifs is 1. The van der Waals surface area contributed by atoms with Gasteiger partial charge in [-0.3, -0.25) is 10.1 Å². The van der Waals surface area contributed by atoms with Crippen molar-refractivity contribution in [2.24, 2.45) is 0 Å². The van der Waals surface area contributed by atoms with Gasteiger partial charge in [0.1, 0.15) is 0 Å². The third kappa shape index (κ3) is 3.17. The largest absolute Gasteiger partial charge is 0.428 e. The average Bonchev–Trinajstić information content (AvgIpc) is 2.63. The predicted molar refractivity (Wildman–Crippen MR) is 83.2 cm³/mol. The lowest BCUT2D eigenvalue weighted by atomic mass is 9.87. The van der Waals surface area contributed by atoms with E-state index in [9.17, 15) is 4.79 Å². The summed E-state index contributed by atoms with van der Waals surface area (Å²) in [6.45, 7) is 7.50. The van der Waals surface area contributed by atoms with E-state index in [2.05, 4.69) is 26.1 Å². The highest BCUT2D eigenvalue weighted by Crippen LogP contribution is 2.49. The monoisotopic (exact) mass is 351 g/mol. The summed E-state index contributed by atoms with van der Waals surface area (Å²) in [7, 11) is 0. The van der Waals surface area contributed by atoms with Crippen LogP contribution in [0.25, 0.3) is 0 Å². The maximum Gasteiger partial charge on any atom is 0.388 e. The molecule has 0 saturated carbocycles. The summed E-state index contributed by atoms with van der Waals surface area (Å²) in [5.74, 6) is -1.49. The molecule has 1 N–H and O–H groups in total. The third-order valence-corrected chi connectivity index (χ3v) is 3.78. The van der Waals surface area contributed by atoms with Crippen LogP contribution >= 0.6 is 34.8 Å². The number of nitrogens with one attached hydrogen (secondary N) is 1. The number of hydrogen-bond acceptors (Lipinski definition) is 3. The molecule has 0 aromatic heterocycles. The lowest BCUT2D eigenvalue weighted by Gasteiger charge is -2.33. The highest BCUT2D eigenvalue weighted by atomic mass is 35.6. The van der Waals surface area contributed by atoms with Crippen LogP contribution in [0.1, 0.15) is 33.3 Å². The van der Waals surface area contributed by atoms with Gasteiger partial charge in [0, 0.05) is 6.92 Å². The lowest BCUT2D eigenvalue weighted by Crippen LogP contribution is -2.63. The van der Waals surface area contributed by atoms with E-state index in [1.807, 2.05) is 12.1 Å². The van der Waals surface area contributed by atoms with Crippen molar-refractivity contribution < 1.29 is 14.3 Å². The molecule has 0 spiro atoms. The van der Waals surface area contributed by atoms with Crippen molar-refractivity contribution in [3.63, 3.8) is 0 Å². The van der Waals surface area contributed by atoms with Crippen LogP contribution in [0.3, 0.4) is 0 Å². The zero-order valence-corrected chi connectivity index (χ0v) is 14.4. The SMILES string of the molecule is CC(=O)N[C@@]1(C(Cl)(Cl)Cl)Oc2ccc(C(C)(C)C)cc2O1. The van der Waals surface area contributed by atoms with E-state index < -0.39 is 15.6 Å². The Morgan fingerprint density at radius 2 is 1.71 bits per heavy atom. The summed E-state index contributed by atoms with van der Waals surface area (Å²) in [4.78, 5) is 11.4. The number of ether oxygens (including phenoxy) is 2. The molecule has 4 nitrogen and oxygen atoms in total. The Hall–Kier alpha value is -0.840. The first-order valence-corrected chi connectivity index (χ1v) is 7.46. The van der Waals surface area contributed by atoms with Crippen molar-refractivity contribution in [2.75, 3.05) is 0 Å². The molecular formula is C14H16Cl3NO3. The van der Waals surface area contributed by atoms with E-state index in [0.29, 0.717) is 11.5 Å². The molecule has 1 aromatic rings. The Labute approximate surface area is 138 Å². The first-order valence-electron chi connectivity index (χ1n) is 6.33. The molecular weight excluding hydrogens is 337 g/mol. The maximum atomic E-state index is 11.4. The molecule has 1 heterocycles. The van der Waals surface area contributed by atoms with Crippen molar-refractivity contribution in [2.45, 2.75) is 42.8 Å². The zero-order valence-electron chi connectivity index (χ0n) is 12.1. The fraction of sp³-hybridized carbons (Fsp3) is 0.500. The fourth-order valence-corrected chi connectivity index (χ4v) is 2.31. The van der Waals surface area contributed by atoms with Crippen molar-refractivity contribution >= 4 is 40.7 Å². The Kier molecular flexibility index (Phi) is 4.02. The number of carbonyl (C=O) groups excluding carboxylic acids is 1. The molecule has 1 atom stereocenters. The summed E-state index contributed by atoms with van der Waals surface area (Å²) in [5, 5.41) is 2.42. The molecule has 0 aliphatic carbocycles. The van der Waals surface area contributed by atoms with Crippen molar-refractivity contribution in [3.8, 4) is 11.5 Å². The van der Waals surface area contributed by atoms with Gasteiger partial charge in [0.05, 0.1) is 0 Å². The predicted octanol–water partition coefficient (Wildman–Crippen LogP) is 3.92. The Balaban J connectivity index is 2.42. The summed E-state index contributed by atoms with van der Waals surface area (Å²) in [6, 6.07) is 5.45. The molecule has 0 saturated heterocycles. The second kappa shape index (κ2) is 5.11. The van der Waals surface area contributed by atoms with E-state index in [4.69, 9.17) is 44.3 Å². The summed E-state index contributed by atoms with van der Waals surface area (Å²) < 4.78 is 9.24. The lowest BCUT2D eigenvalue weighted by molar-refractivity contribution is -0.142. The summed E-state index contributed by atoms with van der Waals surface area (Å²) in [5.41, 5.74) is 0.963. The van der Waals surface area contributed by atoms with Crippen LogP contribution < -0.4 is 14.8 Å². The van der Waals surface area contributed by atoms with Gasteiger partial charge < -0.3 is 9.47 Å². The maximum absolute atomic E-state index is 11.4. The van der Waals surface area contributed by atoms with Crippen molar-refractivity contribution in [1.29, 1.82) is 0 Å². The van der Waals surface area contributed by atoms with Crippen LogP contribution in [0.5, 0.6) is 11.5 Å². The van der Waals surface area contributed by atoms with E-state index in [1.54, 1.807) is 6.07 Å². The Morgan fingerprint density at radius 1 is 1.14 bits per heavy atom. The summed E-state index contributed by atoms with van der Waals surface area (Å²) >= 11 is 17.8. The van der Waals surface area contributed by atoms with E-state index >= 15 is 0 Å². The van der Waals surface area contributed by atoms with E-state index in [0.717, 1.165) is 5.56 Å². The Morgan fingerprint density at radius 3 is 2.19 bits per heavy atom. The van der Waals surface area contributed by atoms with Gasteiger partial charge in [-0.05, 0) is 23.1 Å². The smallest absolute Gasteiger partial charge is 0.388 e. The average molecular weight is 353 g/mol. The van der Waals surface area contributed by atoms with Crippen LogP contribution in [0.15, 0.2) is 18.2 Å². The number of alkyl halides is 3. The minimum absolute atomic E-state index is 0.0718. The second-order valence-electron chi connectivity index (χ2n) is 5.91. The quantitative estimate of drug-likeness (QED) is 0.779. The highest BCUT2D eigenvalue weighted by molar-refractivity contribution is 6.68. The minimum atomic E-state index is -2.00. The van der Waals surface area contributed by atoms with Crippen LogP contribution in [0.2, 0.25) is 0 Å². The van der Waals surface area contributed by atoms with Gasteiger partial charge >= 0.3 is 5.91 Å². The molecule has 0 unspecified atom stereocenters. The minimum Gasteiger partial charge on any atom is -0.428 e. The van der Waals surface area contributed by atoms with Gasteiger partial charge in [-0.1, -0.05) is 61.6 Å². The Bertz CT molecular complexity index is 578. The van der Waals surface area contributed by atoms with Gasteiger partial charge in [-0.25, -0.2) is 0 Å². The number of amides is 1. The fourth-order valence-electron chi connectivity index (χ4n) is 1.94. The number of rotatable bonds is 1. The molecule has 1 aliphatic rings. The number of carbonyl (C=O) groups is 1.